The van der Waals surface area contributed by atoms with Crippen LogP contribution in [0.25, 0.3) is 0 Å². The molecule has 7 rings (SSSR count). The van der Waals surface area contributed by atoms with E-state index in [1.165, 1.54) is 6.07 Å². The molecule has 0 spiro atoms. The molecule has 0 bridgehead atoms. The normalized spacial score (nSPS) is 39.7. The molecule has 0 radical (unpaired) electrons. The van der Waals surface area contributed by atoms with Crippen molar-refractivity contribution in [1.29, 1.82) is 0 Å². The van der Waals surface area contributed by atoms with Gasteiger partial charge in [-0.05, 0) is 43.9 Å². The predicted octanol–water partition coefficient (Wildman–Crippen LogP) is -2.73. The van der Waals surface area contributed by atoms with Gasteiger partial charge in [-0.15, -0.1) is 0 Å². The highest BCUT2D eigenvalue weighted by molar-refractivity contribution is 5.96. The number of phenols is 1. The molecule has 1 aromatic carbocycles. The van der Waals surface area contributed by atoms with E-state index in [1.54, 1.807) is 0 Å². The van der Waals surface area contributed by atoms with Crippen molar-refractivity contribution in [3.8, 4) is 5.75 Å². The summed E-state index contributed by atoms with van der Waals surface area (Å²) in [5.74, 6) is -9.14. The molecule has 4 fully saturated rings. The number of fused-ring (bicyclic) bond motifs is 2. The zero-order chi connectivity index (χ0) is 45.4. The monoisotopic (exact) mass is 898 g/mol. The molecular formula is C40H50O23. The van der Waals surface area contributed by atoms with Gasteiger partial charge in [-0.3, -0.25) is 0 Å². The number of aromatic hydroxyl groups is 1. The van der Waals surface area contributed by atoms with Crippen LogP contribution in [-0.2, 0) is 47.5 Å². The molecule has 2 saturated heterocycles. The Morgan fingerprint density at radius 1 is 0.587 bits per heavy atom. The summed E-state index contributed by atoms with van der Waals surface area (Å²) in [6, 6.07) is 3.30. The number of carbonyl (C=O) groups excluding carboxylic acids is 2. The van der Waals surface area contributed by atoms with E-state index in [0.717, 1.165) is 24.7 Å². The fourth-order valence-corrected chi connectivity index (χ4v) is 9.43. The highest BCUT2D eigenvalue weighted by atomic mass is 16.8. The lowest BCUT2D eigenvalue weighted by Crippen LogP contribution is -2.60. The van der Waals surface area contributed by atoms with Gasteiger partial charge in [-0.1, -0.05) is 0 Å². The number of esters is 2. The van der Waals surface area contributed by atoms with E-state index < -0.39 is 152 Å². The van der Waals surface area contributed by atoms with Gasteiger partial charge in [0.1, 0.15) is 60.1 Å². The molecule has 348 valence electrons. The third-order valence-corrected chi connectivity index (χ3v) is 12.8. The number of hydrogen-bond acceptors (Lipinski definition) is 21. The van der Waals surface area contributed by atoms with E-state index in [1.807, 2.05) is 0 Å². The van der Waals surface area contributed by atoms with Gasteiger partial charge in [0.15, 0.2) is 12.6 Å². The maximum Gasteiger partial charge on any atom is 0.341 e. The Morgan fingerprint density at radius 3 is 1.44 bits per heavy atom. The number of aliphatic carboxylic acids is 2. The molecule has 0 aromatic heterocycles. The number of phenolic OH excluding ortho intramolecular Hbond substituents is 1. The minimum Gasteiger partial charge on any atom is -0.507 e. The number of ether oxygens (including phenoxy) is 8. The lowest BCUT2D eigenvalue weighted by molar-refractivity contribution is -0.343. The molecule has 2 saturated carbocycles. The lowest BCUT2D eigenvalue weighted by Gasteiger charge is -2.43. The third-order valence-electron chi connectivity index (χ3n) is 12.8. The van der Waals surface area contributed by atoms with Crippen molar-refractivity contribution in [2.45, 2.75) is 99.7 Å². The number of aliphatic hydroxyl groups is 8. The molecule has 6 unspecified atom stereocenters. The van der Waals surface area contributed by atoms with Crippen molar-refractivity contribution in [2.24, 2.45) is 35.5 Å². The van der Waals surface area contributed by atoms with Gasteiger partial charge in [0.25, 0.3) is 0 Å². The SMILES string of the molecule is O=C(O)C1=CO[C@@H](O[C@@H]2O[C@H](CO)[C@@H](O)[C@H](O)[C@H]2O)C2C(COC(=O)c3ccc(C(=O)OCC4CCC5C(C(=O)O)=CO[C@@H](O[C@@H]6O[C@H](CO)[C@@H](O)[C@H](O)[C@H]6O)C45)c(O)c3)CCC12. The number of carboxylic acids is 2. The second kappa shape index (κ2) is 19.3. The van der Waals surface area contributed by atoms with Gasteiger partial charge in [0, 0.05) is 35.5 Å². The van der Waals surface area contributed by atoms with Gasteiger partial charge >= 0.3 is 23.9 Å². The Kier molecular flexibility index (Phi) is 14.2. The van der Waals surface area contributed by atoms with Gasteiger partial charge in [-0.25, -0.2) is 19.2 Å². The second-order valence-corrected chi connectivity index (χ2v) is 16.4. The van der Waals surface area contributed by atoms with Crippen LogP contribution in [0, 0.1) is 35.5 Å². The molecule has 4 heterocycles. The van der Waals surface area contributed by atoms with Crippen LogP contribution in [-0.4, -0.2) is 180 Å². The highest BCUT2D eigenvalue weighted by Gasteiger charge is 2.54. The first-order valence-electron chi connectivity index (χ1n) is 20.3. The molecule has 11 N–H and O–H groups in total. The quantitative estimate of drug-likeness (QED) is 0.0845. The van der Waals surface area contributed by atoms with E-state index >= 15 is 0 Å². The summed E-state index contributed by atoms with van der Waals surface area (Å²) in [5.41, 5.74) is -0.651. The molecule has 6 aliphatic rings. The van der Waals surface area contributed by atoms with Gasteiger partial charge in [0.2, 0.25) is 12.6 Å². The molecule has 1 aromatic rings. The summed E-state index contributed by atoms with van der Waals surface area (Å²) in [6.45, 7) is -2.05. The molecule has 23 nitrogen and oxygen atoms in total. The topological polar surface area (TPSA) is 365 Å². The Morgan fingerprint density at radius 2 is 1.03 bits per heavy atom. The van der Waals surface area contributed by atoms with Crippen LogP contribution >= 0.6 is 0 Å². The minimum atomic E-state index is -1.78. The number of carboxylic acid groups (broad SMARTS) is 2. The Hall–Kier alpha value is -4.50. The molecule has 4 aliphatic heterocycles. The lowest BCUT2D eigenvalue weighted by atomic mass is 9.83. The first-order valence-corrected chi connectivity index (χ1v) is 20.3. The summed E-state index contributed by atoms with van der Waals surface area (Å²) in [5, 5.41) is 111. The predicted molar refractivity (Wildman–Crippen MR) is 199 cm³/mol. The number of benzene rings is 1. The smallest absolute Gasteiger partial charge is 0.341 e. The van der Waals surface area contributed by atoms with Gasteiger partial charge in [-0.2, -0.15) is 0 Å². The van der Waals surface area contributed by atoms with Crippen LogP contribution in [0.1, 0.15) is 46.4 Å². The maximum absolute atomic E-state index is 13.3. The van der Waals surface area contributed by atoms with E-state index in [9.17, 15) is 75.3 Å². The van der Waals surface area contributed by atoms with Crippen LogP contribution < -0.4 is 0 Å². The Bertz CT molecular complexity index is 1920. The van der Waals surface area contributed by atoms with E-state index in [2.05, 4.69) is 0 Å². The first-order chi connectivity index (χ1) is 30.0. The zero-order valence-electron chi connectivity index (χ0n) is 33.3. The molecule has 23 heteroatoms. The van der Waals surface area contributed by atoms with Crippen molar-refractivity contribution in [1.82, 2.24) is 0 Å². The van der Waals surface area contributed by atoms with Crippen LogP contribution in [0.3, 0.4) is 0 Å². The average Bonchev–Trinajstić information content (AvgIpc) is 3.90. The third kappa shape index (κ3) is 9.23. The van der Waals surface area contributed by atoms with Crippen molar-refractivity contribution < 1.29 is 113 Å². The van der Waals surface area contributed by atoms with Crippen molar-refractivity contribution >= 4 is 23.9 Å². The average molecular weight is 899 g/mol. The van der Waals surface area contributed by atoms with Crippen molar-refractivity contribution in [3.05, 3.63) is 53.0 Å². The molecule has 0 amide bonds. The zero-order valence-corrected chi connectivity index (χ0v) is 33.3. The summed E-state index contributed by atoms with van der Waals surface area (Å²) in [4.78, 5) is 50.6. The fraction of sp³-hybridized carbons (Fsp3) is 0.650. The van der Waals surface area contributed by atoms with Crippen LogP contribution in [0.4, 0.5) is 0 Å². The summed E-state index contributed by atoms with van der Waals surface area (Å²) in [6.07, 6.45) is -15.4. The number of carbonyl (C=O) groups is 4. The Labute approximate surface area is 357 Å². The molecule has 18 atom stereocenters. The number of rotatable bonds is 14. The van der Waals surface area contributed by atoms with Crippen molar-refractivity contribution in [2.75, 3.05) is 26.4 Å². The Balaban J connectivity index is 0.974. The largest absolute Gasteiger partial charge is 0.507 e. The van der Waals surface area contributed by atoms with Crippen LogP contribution in [0.15, 0.2) is 41.9 Å². The van der Waals surface area contributed by atoms with Crippen LogP contribution in [0.2, 0.25) is 0 Å². The van der Waals surface area contributed by atoms with Gasteiger partial charge < -0.3 is 94.1 Å². The summed E-state index contributed by atoms with van der Waals surface area (Å²) >= 11 is 0. The fourth-order valence-electron chi connectivity index (χ4n) is 9.43. The summed E-state index contributed by atoms with van der Waals surface area (Å²) < 4.78 is 44.9. The molecule has 2 aliphatic carbocycles. The standard InChI is InChI=1S/C40H50O23/c41-8-23-27(44)29(46)31(48)39(60-23)62-37-25-15(2-4-17(25)20(12-58-37)33(50)51)10-56-35(54)14-1-6-19(22(43)7-14)36(55)57-11-16-3-5-18-21(34(52)53)13-59-38(26(16)18)63-40-32(49)30(47)28(45)24(9-42)61-40/h1,6-7,12-13,15-18,23-32,37-49H,2-5,8-11H2,(H,50,51)(H,52,53)/t15?,16?,17?,18?,23-,24-,25?,26?,27-,28-,29+,30+,31-,32-,37+,38+,39+,40+/m1/s1. The molecule has 63 heavy (non-hydrogen) atoms. The van der Waals surface area contributed by atoms with Gasteiger partial charge in [0.05, 0.1) is 55.7 Å². The van der Waals surface area contributed by atoms with E-state index in [4.69, 9.17) is 37.9 Å². The minimum absolute atomic E-state index is 0.0715. The van der Waals surface area contributed by atoms with Crippen molar-refractivity contribution in [3.63, 3.8) is 0 Å². The highest BCUT2D eigenvalue weighted by Crippen LogP contribution is 2.49. The molecular weight excluding hydrogens is 848 g/mol. The van der Waals surface area contributed by atoms with E-state index in [-0.39, 0.29) is 35.5 Å². The second-order valence-electron chi connectivity index (χ2n) is 16.4. The van der Waals surface area contributed by atoms with E-state index in [0.29, 0.717) is 25.7 Å². The number of aliphatic hydroxyl groups excluding tert-OH is 8. The van der Waals surface area contributed by atoms with Crippen LogP contribution in [0.5, 0.6) is 5.75 Å². The maximum atomic E-state index is 13.3. The number of hydrogen-bond donors (Lipinski definition) is 11. The first kappa shape index (κ1) is 46.5. The summed E-state index contributed by atoms with van der Waals surface area (Å²) in [7, 11) is 0.